The van der Waals surface area contributed by atoms with Gasteiger partial charge in [-0.05, 0) is 13.8 Å². The fraction of sp³-hybridized carbons (Fsp3) is 0.944. The molecule has 556 valence electrons. The van der Waals surface area contributed by atoms with Crippen LogP contribution in [-0.4, -0.2) is 410 Å². The highest BCUT2D eigenvalue weighted by molar-refractivity contribution is 5.74. The summed E-state index contributed by atoms with van der Waals surface area (Å²) >= 11 is 0. The van der Waals surface area contributed by atoms with Crippen molar-refractivity contribution in [3.63, 3.8) is 0 Å². The average Bonchev–Trinajstić information content (AvgIpc) is 0.771. The fourth-order valence-corrected chi connectivity index (χ4v) is 12.4. The smallest absolute Gasteiger partial charge is 0.217 e. The van der Waals surface area contributed by atoms with Gasteiger partial charge in [-0.2, -0.15) is 0 Å². The van der Waals surface area contributed by atoms with Gasteiger partial charge in [0.2, 0.25) is 17.7 Å². The molecule has 0 aromatic carbocycles. The number of nitrogens with one attached hydrogen (secondary N) is 3. The number of rotatable bonds is 23. The fourth-order valence-electron chi connectivity index (χ4n) is 12.4. The zero-order chi connectivity index (χ0) is 70.8. The number of aliphatic hydroxyl groups is 21. The first-order valence-electron chi connectivity index (χ1n) is 30.8. The lowest BCUT2D eigenvalue weighted by atomic mass is 9.93. The molecule has 0 bridgehead atoms. The third-order valence-corrected chi connectivity index (χ3v) is 17.7. The van der Waals surface area contributed by atoms with E-state index in [1.165, 1.54) is 13.8 Å². The van der Waals surface area contributed by atoms with Crippen molar-refractivity contribution in [3.05, 3.63) is 0 Å². The van der Waals surface area contributed by atoms with Crippen LogP contribution in [-0.2, 0) is 85.4 Å². The molecule has 8 aliphatic rings. The molecule has 8 heterocycles. The van der Waals surface area contributed by atoms with Crippen LogP contribution in [0.25, 0.3) is 0 Å². The largest absolute Gasteiger partial charge is 0.394 e. The molecule has 0 saturated carbocycles. The normalized spacial score (nSPS) is 50.3. The Bertz CT molecular complexity index is 2470. The standard InChI is InChI=1S/C54H91N3O39/c1-12-26(65)34(73)38(77)50(84-12)83-11-22-43(44(25(47(81)86-22)57-16(5)64)94-52-40(79)35(74)27(66)13(2)85-52)93-49-24(56-15(4)63)33(72)42(20(9-61)90-49)92-53-41(80)45(31(70)21(91-53)10-82-51-39(78)36(75)29(68)18(7-59)88-51)95-54-46(37(76)30(69)19(8-60)89-54)96-48-23(55-14(3)62)32(71)28(67)17(6-58)87-48/h12-13,17-54,58-61,65-81H,6-11H2,1-5H3,(H,55,62)(H,56,63)(H,57,64)/t12-,13-,17-,18-,19-,20-,21-,22-,23-,24-,25-,26+,27+,28-,29-,30-,31-,32-,33-,34+,35+,36+,37+,38-,39+,40-,41+,42-,43-,44-,45+,46+,47-,48+,49+,50+,51+,52-,53+,54-/m1/s1. The molecule has 40 atom stereocenters. The molecular weight excluding hydrogens is 1310 g/mol. The summed E-state index contributed by atoms with van der Waals surface area (Å²) in [5, 5.41) is 238. The van der Waals surface area contributed by atoms with Crippen molar-refractivity contribution in [1.29, 1.82) is 0 Å². The number of aliphatic hydroxyl groups excluding tert-OH is 21. The van der Waals surface area contributed by atoms with E-state index in [4.69, 9.17) is 71.1 Å². The van der Waals surface area contributed by atoms with Gasteiger partial charge in [-0.15, -0.1) is 0 Å². The number of carbonyl (C=O) groups is 3. The van der Waals surface area contributed by atoms with Gasteiger partial charge < -0.3 is 194 Å². The predicted molar refractivity (Wildman–Crippen MR) is 296 cm³/mol. The van der Waals surface area contributed by atoms with E-state index < -0.39 is 303 Å². The quantitative estimate of drug-likeness (QED) is 0.0452. The van der Waals surface area contributed by atoms with Crippen molar-refractivity contribution in [2.45, 2.75) is 280 Å². The maximum absolute atomic E-state index is 13.2. The summed E-state index contributed by atoms with van der Waals surface area (Å²) < 4.78 is 88.9. The summed E-state index contributed by atoms with van der Waals surface area (Å²) in [7, 11) is 0. The second-order valence-corrected chi connectivity index (χ2v) is 24.6. The van der Waals surface area contributed by atoms with Gasteiger partial charge in [0.15, 0.2) is 50.3 Å². The first-order chi connectivity index (χ1) is 45.3. The van der Waals surface area contributed by atoms with E-state index in [9.17, 15) is 122 Å². The molecule has 42 nitrogen and oxygen atoms in total. The highest BCUT2D eigenvalue weighted by Gasteiger charge is 2.60. The van der Waals surface area contributed by atoms with Crippen LogP contribution in [0, 0.1) is 0 Å². The molecule has 8 fully saturated rings. The van der Waals surface area contributed by atoms with Gasteiger partial charge in [0.25, 0.3) is 0 Å². The van der Waals surface area contributed by atoms with Gasteiger partial charge >= 0.3 is 0 Å². The van der Waals surface area contributed by atoms with E-state index in [1.807, 2.05) is 0 Å². The van der Waals surface area contributed by atoms with Crippen molar-refractivity contribution in [2.24, 2.45) is 0 Å². The highest BCUT2D eigenvalue weighted by Crippen LogP contribution is 2.39. The number of hydrogen-bond donors (Lipinski definition) is 24. The number of amides is 3. The van der Waals surface area contributed by atoms with E-state index in [0.29, 0.717) is 0 Å². The van der Waals surface area contributed by atoms with E-state index in [-0.39, 0.29) is 0 Å². The molecular formula is C54H91N3O39. The molecule has 8 rings (SSSR count). The SMILES string of the molecule is CC(=O)N[C@@H]1[C@@H](O[C@H]2O[C@H](C)[C@H](O)[C@H](O)[C@H]2O)[C@H](O[C@@H]2O[C@H](CO)[C@@H](O[C@@H]3O[C@H](CO[C@H]4O[C@H](CO)[C@@H](O)[C@H](O)[C@@H]4O)[C@@H](O)[C@H](O[C@H]4O[C@H](CO)[C@@H](O)[C@H](O)[C@@H]4O[C@@H]4O[C@H](CO)[C@@H](O)[C@H](O)[C@H]4NC(C)=O)[C@@H]3O)[C@H](O)[C@H]2NC(C)=O)[C@@H](CO[C@H]2O[C@H](C)[C@H](O)[C@H](O)[C@H]2O)O[C@H]1O. The van der Waals surface area contributed by atoms with Gasteiger partial charge in [-0.3, -0.25) is 14.4 Å². The summed E-state index contributed by atoms with van der Waals surface area (Å²) in [6, 6.07) is -5.49. The van der Waals surface area contributed by atoms with Crippen LogP contribution in [0.1, 0.15) is 34.6 Å². The summed E-state index contributed by atoms with van der Waals surface area (Å²) in [5.41, 5.74) is 0. The molecule has 0 aromatic heterocycles. The monoisotopic (exact) mass is 1410 g/mol. The Kier molecular flexibility index (Phi) is 27.7. The Labute approximate surface area is 545 Å². The maximum Gasteiger partial charge on any atom is 0.217 e. The summed E-state index contributed by atoms with van der Waals surface area (Å²) in [5.74, 6) is -2.64. The summed E-state index contributed by atoms with van der Waals surface area (Å²) in [4.78, 5) is 38.4. The molecule has 0 aromatic rings. The molecule has 0 spiro atoms. The van der Waals surface area contributed by atoms with E-state index in [0.717, 1.165) is 20.8 Å². The molecule has 0 aliphatic carbocycles. The molecule has 96 heavy (non-hydrogen) atoms. The lowest BCUT2D eigenvalue weighted by Gasteiger charge is -2.51. The Balaban J connectivity index is 1.14. The zero-order valence-corrected chi connectivity index (χ0v) is 52.1. The van der Waals surface area contributed by atoms with Gasteiger partial charge in [0.1, 0.15) is 183 Å². The minimum atomic E-state index is -2.45. The molecule has 3 amide bonds. The summed E-state index contributed by atoms with van der Waals surface area (Å²) in [6.07, 6.45) is -72.3. The van der Waals surface area contributed by atoms with Crippen molar-refractivity contribution in [3.8, 4) is 0 Å². The van der Waals surface area contributed by atoms with Crippen LogP contribution in [0.3, 0.4) is 0 Å². The van der Waals surface area contributed by atoms with E-state index in [1.54, 1.807) is 0 Å². The molecule has 8 aliphatic heterocycles. The average molecular weight is 1410 g/mol. The molecule has 0 radical (unpaired) electrons. The third-order valence-electron chi connectivity index (χ3n) is 17.7. The molecule has 0 unspecified atom stereocenters. The Morgan fingerprint density at radius 3 is 1.19 bits per heavy atom. The summed E-state index contributed by atoms with van der Waals surface area (Å²) in [6.45, 7) is -0.495. The van der Waals surface area contributed by atoms with Crippen molar-refractivity contribution in [2.75, 3.05) is 39.6 Å². The lowest BCUT2D eigenvalue weighted by molar-refractivity contribution is -0.396. The Morgan fingerprint density at radius 2 is 0.656 bits per heavy atom. The van der Waals surface area contributed by atoms with Gasteiger partial charge in [-0.25, -0.2) is 0 Å². The van der Waals surface area contributed by atoms with E-state index in [2.05, 4.69) is 16.0 Å². The number of carbonyl (C=O) groups excluding carboxylic acids is 3. The van der Waals surface area contributed by atoms with Crippen molar-refractivity contribution < 1.29 is 193 Å². The van der Waals surface area contributed by atoms with Crippen LogP contribution in [0.4, 0.5) is 0 Å². The van der Waals surface area contributed by atoms with Gasteiger partial charge in [-0.1, -0.05) is 0 Å². The van der Waals surface area contributed by atoms with Crippen LogP contribution < -0.4 is 16.0 Å². The minimum Gasteiger partial charge on any atom is -0.394 e. The second kappa shape index (κ2) is 33.8. The van der Waals surface area contributed by atoms with Gasteiger partial charge in [0, 0.05) is 20.8 Å². The predicted octanol–water partition coefficient (Wildman–Crippen LogP) is -16.0. The molecule has 24 N–H and O–H groups in total. The lowest BCUT2D eigenvalue weighted by Crippen LogP contribution is -2.71. The Hall–Kier alpha value is -3.03. The number of hydrogen-bond acceptors (Lipinski definition) is 39. The Morgan fingerprint density at radius 1 is 0.292 bits per heavy atom. The maximum atomic E-state index is 13.2. The zero-order valence-electron chi connectivity index (χ0n) is 52.1. The van der Waals surface area contributed by atoms with Crippen LogP contribution >= 0.6 is 0 Å². The van der Waals surface area contributed by atoms with Gasteiger partial charge in [0.05, 0.1) is 51.8 Å². The van der Waals surface area contributed by atoms with Crippen molar-refractivity contribution in [1.82, 2.24) is 16.0 Å². The first kappa shape index (κ1) is 78.7. The number of ether oxygens (including phenoxy) is 15. The van der Waals surface area contributed by atoms with Crippen LogP contribution in [0.5, 0.6) is 0 Å². The van der Waals surface area contributed by atoms with Crippen LogP contribution in [0.15, 0.2) is 0 Å². The minimum absolute atomic E-state index is 0.830. The second-order valence-electron chi connectivity index (χ2n) is 24.6. The highest BCUT2D eigenvalue weighted by atomic mass is 16.8. The first-order valence-corrected chi connectivity index (χ1v) is 30.8. The molecule has 8 saturated heterocycles. The molecule has 42 heteroatoms. The van der Waals surface area contributed by atoms with Crippen molar-refractivity contribution >= 4 is 17.7 Å². The van der Waals surface area contributed by atoms with Crippen LogP contribution in [0.2, 0.25) is 0 Å². The van der Waals surface area contributed by atoms with E-state index >= 15 is 0 Å². The topological polar surface area (TPSA) is 651 Å². The third kappa shape index (κ3) is 17.2.